The Kier molecular flexibility index (Phi) is 3.73. The van der Waals surface area contributed by atoms with Gasteiger partial charge in [0.15, 0.2) is 5.82 Å². The first-order valence-corrected chi connectivity index (χ1v) is 8.05. The van der Waals surface area contributed by atoms with E-state index in [1.807, 2.05) is 23.8 Å². The Morgan fingerprint density at radius 2 is 2.26 bits per heavy atom. The number of anilines is 1. The molecule has 1 aliphatic rings. The normalized spacial score (nSPS) is 20.7. The summed E-state index contributed by atoms with van der Waals surface area (Å²) in [5.74, 6) is 1.08. The van der Waals surface area contributed by atoms with E-state index in [2.05, 4.69) is 37.0 Å². The van der Waals surface area contributed by atoms with E-state index in [1.165, 1.54) is 25.7 Å². The van der Waals surface area contributed by atoms with Gasteiger partial charge in [-0.3, -0.25) is 0 Å². The fourth-order valence-corrected chi connectivity index (χ4v) is 3.54. The van der Waals surface area contributed by atoms with Crippen LogP contribution in [0.25, 0.3) is 5.52 Å². The Morgan fingerprint density at radius 1 is 1.37 bits per heavy atom. The fourth-order valence-electron chi connectivity index (χ4n) is 2.87. The molecule has 1 unspecified atom stereocenters. The average molecular weight is 323 g/mol. The minimum absolute atomic E-state index is 0.538. The van der Waals surface area contributed by atoms with Crippen LogP contribution in [-0.2, 0) is 0 Å². The van der Waals surface area contributed by atoms with Gasteiger partial charge in [-0.05, 0) is 25.8 Å². The number of halogens is 1. The predicted octanol–water partition coefficient (Wildman–Crippen LogP) is 3.18. The van der Waals surface area contributed by atoms with Crippen LogP contribution in [0.5, 0.6) is 0 Å². The Bertz CT molecular complexity index is 566. The van der Waals surface area contributed by atoms with E-state index in [1.54, 1.807) is 0 Å². The summed E-state index contributed by atoms with van der Waals surface area (Å²) in [7, 11) is 0. The summed E-state index contributed by atoms with van der Waals surface area (Å²) in [5.41, 5.74) is 2.16. The van der Waals surface area contributed by atoms with Crippen LogP contribution in [0.15, 0.2) is 18.5 Å². The van der Waals surface area contributed by atoms with Gasteiger partial charge in [-0.1, -0.05) is 28.8 Å². The molecule has 3 rings (SSSR count). The summed E-state index contributed by atoms with van der Waals surface area (Å²) < 4.78 is 1.94. The molecular weight excluding hydrogens is 304 g/mol. The highest BCUT2D eigenvalue weighted by molar-refractivity contribution is 9.09. The summed E-state index contributed by atoms with van der Waals surface area (Å²) in [4.78, 5) is 7.08. The van der Waals surface area contributed by atoms with E-state index in [9.17, 15) is 0 Å². The first-order valence-electron chi connectivity index (χ1n) is 6.93. The highest BCUT2D eigenvalue weighted by Crippen LogP contribution is 2.27. The number of hydrogen-bond acceptors (Lipinski definition) is 3. The zero-order valence-corrected chi connectivity index (χ0v) is 12.8. The monoisotopic (exact) mass is 322 g/mol. The number of nitrogens with zero attached hydrogens (tertiary/aromatic N) is 4. The van der Waals surface area contributed by atoms with E-state index in [0.29, 0.717) is 6.04 Å². The third-order valence-electron chi connectivity index (χ3n) is 3.82. The lowest BCUT2D eigenvalue weighted by Crippen LogP contribution is -2.37. The fraction of sp³-hybridized carbons (Fsp3) is 0.571. The Labute approximate surface area is 121 Å². The molecule has 3 heterocycles. The molecule has 1 aliphatic heterocycles. The summed E-state index contributed by atoms with van der Waals surface area (Å²) in [5, 5.41) is 5.48. The lowest BCUT2D eigenvalue weighted by atomic mass is 10.1. The van der Waals surface area contributed by atoms with Crippen LogP contribution in [0.3, 0.4) is 0 Å². The molecule has 1 atom stereocenters. The summed E-state index contributed by atoms with van der Waals surface area (Å²) in [6, 6.07) is 2.66. The van der Waals surface area contributed by atoms with Gasteiger partial charge in [-0.15, -0.1) is 0 Å². The van der Waals surface area contributed by atoms with Gasteiger partial charge >= 0.3 is 0 Å². The molecule has 1 saturated heterocycles. The van der Waals surface area contributed by atoms with Crippen LogP contribution in [-0.4, -0.2) is 32.5 Å². The van der Waals surface area contributed by atoms with Gasteiger partial charge in [0.2, 0.25) is 0 Å². The van der Waals surface area contributed by atoms with Gasteiger partial charge in [0.25, 0.3) is 0 Å². The maximum atomic E-state index is 4.63. The zero-order chi connectivity index (χ0) is 13.2. The van der Waals surface area contributed by atoms with E-state index in [4.69, 9.17) is 0 Å². The van der Waals surface area contributed by atoms with Crippen molar-refractivity contribution in [1.82, 2.24) is 14.6 Å². The zero-order valence-electron chi connectivity index (χ0n) is 11.2. The molecule has 0 amide bonds. The van der Waals surface area contributed by atoms with Crippen molar-refractivity contribution in [3.63, 3.8) is 0 Å². The minimum atomic E-state index is 0.538. The molecule has 4 nitrogen and oxygen atoms in total. The third-order valence-corrected chi connectivity index (χ3v) is 4.57. The van der Waals surface area contributed by atoms with Gasteiger partial charge < -0.3 is 4.90 Å². The molecule has 2 aromatic heterocycles. The number of rotatable bonds is 2. The highest BCUT2D eigenvalue weighted by Gasteiger charge is 2.23. The van der Waals surface area contributed by atoms with Crippen LogP contribution in [0.4, 0.5) is 5.82 Å². The summed E-state index contributed by atoms with van der Waals surface area (Å²) >= 11 is 3.66. The molecule has 0 saturated carbocycles. The lowest BCUT2D eigenvalue weighted by molar-refractivity contribution is 0.621. The maximum Gasteiger partial charge on any atom is 0.154 e. The largest absolute Gasteiger partial charge is 0.351 e. The lowest BCUT2D eigenvalue weighted by Gasteiger charge is -2.30. The molecule has 19 heavy (non-hydrogen) atoms. The molecule has 2 aromatic rings. The Morgan fingerprint density at radius 3 is 3.11 bits per heavy atom. The van der Waals surface area contributed by atoms with Crippen molar-refractivity contribution >= 4 is 27.3 Å². The summed E-state index contributed by atoms with van der Waals surface area (Å²) in [6.07, 6.45) is 8.90. The van der Waals surface area contributed by atoms with Crippen molar-refractivity contribution in [2.45, 2.75) is 38.6 Å². The van der Waals surface area contributed by atoms with Crippen molar-refractivity contribution in [3.05, 3.63) is 24.2 Å². The van der Waals surface area contributed by atoms with E-state index >= 15 is 0 Å². The number of hydrogen-bond donors (Lipinski definition) is 0. The van der Waals surface area contributed by atoms with Gasteiger partial charge in [0.1, 0.15) is 5.52 Å². The van der Waals surface area contributed by atoms with E-state index in [-0.39, 0.29) is 0 Å². The molecule has 1 fully saturated rings. The quantitative estimate of drug-likeness (QED) is 0.796. The molecule has 102 valence electrons. The average Bonchev–Trinajstić information content (AvgIpc) is 2.65. The molecule has 0 aromatic carbocycles. The highest BCUT2D eigenvalue weighted by atomic mass is 79.9. The number of aryl methyl sites for hydroxylation is 1. The van der Waals surface area contributed by atoms with Crippen molar-refractivity contribution in [1.29, 1.82) is 0 Å². The first kappa shape index (κ1) is 12.9. The standard InChI is InChI=1S/C14H19BrN4/c1-11-9-13-14(16-6-8-19(13)17-11)18-7-4-2-3-5-12(18)10-15/h6,8-9,12H,2-5,7,10H2,1H3. The molecule has 0 radical (unpaired) electrons. The molecule has 0 aliphatic carbocycles. The van der Waals surface area contributed by atoms with Crippen molar-refractivity contribution in [3.8, 4) is 0 Å². The van der Waals surface area contributed by atoms with Crippen LogP contribution >= 0.6 is 15.9 Å². The van der Waals surface area contributed by atoms with Crippen molar-refractivity contribution in [2.24, 2.45) is 0 Å². The topological polar surface area (TPSA) is 33.4 Å². The Balaban J connectivity index is 2.05. The number of alkyl halides is 1. The number of fused-ring (bicyclic) bond motifs is 1. The van der Waals surface area contributed by atoms with Crippen LogP contribution < -0.4 is 4.90 Å². The third kappa shape index (κ3) is 2.48. The second kappa shape index (κ2) is 5.49. The van der Waals surface area contributed by atoms with Gasteiger partial charge in [0, 0.05) is 30.3 Å². The second-order valence-corrected chi connectivity index (χ2v) is 5.86. The number of aromatic nitrogens is 3. The van der Waals surface area contributed by atoms with E-state index in [0.717, 1.165) is 28.9 Å². The summed E-state index contributed by atoms with van der Waals surface area (Å²) in [6.45, 7) is 3.12. The van der Waals surface area contributed by atoms with E-state index < -0.39 is 0 Å². The smallest absolute Gasteiger partial charge is 0.154 e. The molecular formula is C14H19BrN4. The molecule has 0 spiro atoms. The molecule has 0 N–H and O–H groups in total. The first-order chi connectivity index (χ1) is 9.29. The second-order valence-electron chi connectivity index (χ2n) is 5.22. The molecule has 5 heteroatoms. The van der Waals surface area contributed by atoms with Crippen LogP contribution in [0, 0.1) is 6.92 Å². The predicted molar refractivity (Wildman–Crippen MR) is 81.1 cm³/mol. The van der Waals surface area contributed by atoms with Gasteiger partial charge in [-0.25, -0.2) is 9.50 Å². The van der Waals surface area contributed by atoms with Crippen LogP contribution in [0.2, 0.25) is 0 Å². The Hall–Kier alpha value is -1.10. The maximum absolute atomic E-state index is 4.63. The van der Waals surface area contributed by atoms with Crippen molar-refractivity contribution < 1.29 is 0 Å². The SMILES string of the molecule is Cc1cc2c(N3CCCCCC3CBr)nccn2n1. The van der Waals surface area contributed by atoms with Crippen LogP contribution in [0.1, 0.15) is 31.4 Å². The van der Waals surface area contributed by atoms with Crippen molar-refractivity contribution in [2.75, 3.05) is 16.8 Å². The minimum Gasteiger partial charge on any atom is -0.351 e. The van der Waals surface area contributed by atoms with Gasteiger partial charge in [-0.2, -0.15) is 5.10 Å². The van der Waals surface area contributed by atoms with Gasteiger partial charge in [0.05, 0.1) is 5.69 Å². The molecule has 0 bridgehead atoms.